The van der Waals surface area contributed by atoms with E-state index in [0.29, 0.717) is 18.1 Å². The fourth-order valence-corrected chi connectivity index (χ4v) is 1.95. The van der Waals surface area contributed by atoms with Crippen molar-refractivity contribution in [3.8, 4) is 0 Å². The molecule has 2 heterocycles. The van der Waals surface area contributed by atoms with Crippen LogP contribution >= 0.6 is 0 Å². The summed E-state index contributed by atoms with van der Waals surface area (Å²) in [5.74, 6) is 0.824. The lowest BCUT2D eigenvalue weighted by Gasteiger charge is -2.20. The van der Waals surface area contributed by atoms with E-state index in [0.717, 1.165) is 12.8 Å². The molecule has 1 fully saturated rings. The molecule has 0 N–H and O–H groups in total. The second-order valence-corrected chi connectivity index (χ2v) is 3.86. The normalized spacial score (nSPS) is 20.9. The zero-order valence-corrected chi connectivity index (χ0v) is 8.70. The number of hydrogen-bond donors (Lipinski definition) is 0. The van der Waals surface area contributed by atoms with Crippen LogP contribution in [0.3, 0.4) is 0 Å². The standard InChI is InChI=1S/C11H14FNO2/c1-8-4-5-10(15-8)11(14)13-6-2-3-9(13)7-12/h4-5,9H,2-3,6-7H2,1H3. The summed E-state index contributed by atoms with van der Waals surface area (Å²) in [5.41, 5.74) is 0. The van der Waals surface area contributed by atoms with Crippen LogP contribution in [-0.2, 0) is 0 Å². The Morgan fingerprint density at radius 3 is 3.07 bits per heavy atom. The second kappa shape index (κ2) is 4.04. The van der Waals surface area contributed by atoms with Gasteiger partial charge in [-0.3, -0.25) is 4.79 Å². The van der Waals surface area contributed by atoms with Crippen LogP contribution < -0.4 is 0 Å². The minimum atomic E-state index is -0.467. The van der Waals surface area contributed by atoms with Crippen molar-refractivity contribution < 1.29 is 13.6 Å². The zero-order chi connectivity index (χ0) is 10.8. The molecule has 0 spiro atoms. The number of furan rings is 1. The highest BCUT2D eigenvalue weighted by Crippen LogP contribution is 2.21. The van der Waals surface area contributed by atoms with E-state index < -0.39 is 6.67 Å². The molecular weight excluding hydrogens is 197 g/mol. The molecule has 3 nitrogen and oxygen atoms in total. The molecule has 1 amide bonds. The van der Waals surface area contributed by atoms with Crippen molar-refractivity contribution in [1.82, 2.24) is 4.90 Å². The van der Waals surface area contributed by atoms with Gasteiger partial charge in [-0.05, 0) is 31.9 Å². The molecule has 4 heteroatoms. The summed E-state index contributed by atoms with van der Waals surface area (Å²) in [7, 11) is 0. The Kier molecular flexibility index (Phi) is 2.75. The Morgan fingerprint density at radius 2 is 2.47 bits per heavy atom. The van der Waals surface area contributed by atoms with E-state index in [1.807, 2.05) is 0 Å². The molecule has 0 radical (unpaired) electrons. The predicted octanol–water partition coefficient (Wildman–Crippen LogP) is 2.16. The summed E-state index contributed by atoms with van der Waals surface area (Å²) in [4.78, 5) is 13.5. The molecule has 1 atom stereocenters. The van der Waals surface area contributed by atoms with Gasteiger partial charge in [0.2, 0.25) is 0 Å². The SMILES string of the molecule is Cc1ccc(C(=O)N2CCCC2CF)o1. The molecule has 2 rings (SSSR count). The van der Waals surface area contributed by atoms with Crippen molar-refractivity contribution >= 4 is 5.91 Å². The third kappa shape index (κ3) is 1.89. The van der Waals surface area contributed by atoms with Crippen LogP contribution in [0.1, 0.15) is 29.2 Å². The molecule has 82 valence electrons. The molecule has 1 aliphatic heterocycles. The Bertz CT molecular complexity index is 361. The van der Waals surface area contributed by atoms with Crippen molar-refractivity contribution in [3.05, 3.63) is 23.7 Å². The number of likely N-dealkylation sites (tertiary alicyclic amines) is 1. The lowest BCUT2D eigenvalue weighted by molar-refractivity contribution is 0.0683. The van der Waals surface area contributed by atoms with Gasteiger partial charge in [0.25, 0.3) is 5.91 Å². The van der Waals surface area contributed by atoms with Crippen molar-refractivity contribution in [2.45, 2.75) is 25.8 Å². The average molecular weight is 211 g/mol. The number of halogens is 1. The average Bonchev–Trinajstić information content (AvgIpc) is 2.84. The van der Waals surface area contributed by atoms with Crippen molar-refractivity contribution in [2.75, 3.05) is 13.2 Å². The summed E-state index contributed by atoms with van der Waals surface area (Å²) in [5, 5.41) is 0. The Morgan fingerprint density at radius 1 is 1.67 bits per heavy atom. The highest BCUT2D eigenvalue weighted by molar-refractivity contribution is 5.92. The summed E-state index contributed by atoms with van der Waals surface area (Å²) in [6.45, 7) is 1.95. The van der Waals surface area contributed by atoms with Gasteiger partial charge in [-0.25, -0.2) is 4.39 Å². The number of nitrogens with zero attached hydrogens (tertiary/aromatic N) is 1. The van der Waals surface area contributed by atoms with Gasteiger partial charge in [0, 0.05) is 6.54 Å². The lowest BCUT2D eigenvalue weighted by Crippen LogP contribution is -2.36. The van der Waals surface area contributed by atoms with Gasteiger partial charge >= 0.3 is 0 Å². The highest BCUT2D eigenvalue weighted by atomic mass is 19.1. The molecule has 0 aromatic carbocycles. The molecule has 0 bridgehead atoms. The monoisotopic (exact) mass is 211 g/mol. The maximum atomic E-state index is 12.6. The Balaban J connectivity index is 2.13. The van der Waals surface area contributed by atoms with Gasteiger partial charge in [0.05, 0.1) is 6.04 Å². The number of hydrogen-bond acceptors (Lipinski definition) is 2. The summed E-state index contributed by atoms with van der Waals surface area (Å²) in [6.07, 6.45) is 1.63. The fourth-order valence-electron chi connectivity index (χ4n) is 1.95. The second-order valence-electron chi connectivity index (χ2n) is 3.86. The lowest BCUT2D eigenvalue weighted by atomic mass is 10.2. The van der Waals surface area contributed by atoms with Crippen LogP contribution in [0.2, 0.25) is 0 Å². The van der Waals surface area contributed by atoms with Crippen molar-refractivity contribution in [3.63, 3.8) is 0 Å². The molecular formula is C11H14FNO2. The van der Waals surface area contributed by atoms with Gasteiger partial charge < -0.3 is 9.32 Å². The van der Waals surface area contributed by atoms with Gasteiger partial charge in [0.1, 0.15) is 12.4 Å². The summed E-state index contributed by atoms with van der Waals surface area (Å²) >= 11 is 0. The minimum Gasteiger partial charge on any atom is -0.456 e. The van der Waals surface area contributed by atoms with Crippen LogP contribution in [0.4, 0.5) is 4.39 Å². The predicted molar refractivity (Wildman–Crippen MR) is 53.5 cm³/mol. The van der Waals surface area contributed by atoms with Gasteiger partial charge in [-0.15, -0.1) is 0 Å². The summed E-state index contributed by atoms with van der Waals surface area (Å²) in [6, 6.07) is 3.13. The quantitative estimate of drug-likeness (QED) is 0.751. The number of carbonyl (C=O) groups excluding carboxylic acids is 1. The first-order valence-electron chi connectivity index (χ1n) is 5.15. The first-order valence-corrected chi connectivity index (χ1v) is 5.15. The van der Waals surface area contributed by atoms with E-state index in [1.54, 1.807) is 24.0 Å². The van der Waals surface area contributed by atoms with Gasteiger partial charge in [0.15, 0.2) is 5.76 Å². The number of rotatable bonds is 2. The van der Waals surface area contributed by atoms with E-state index >= 15 is 0 Å². The third-order valence-electron chi connectivity index (χ3n) is 2.77. The summed E-state index contributed by atoms with van der Waals surface area (Å²) < 4.78 is 17.8. The number of carbonyl (C=O) groups is 1. The van der Waals surface area contributed by atoms with Crippen LogP contribution in [0.5, 0.6) is 0 Å². The van der Waals surface area contributed by atoms with Crippen LogP contribution in [0, 0.1) is 6.92 Å². The molecule has 1 aliphatic rings. The zero-order valence-electron chi connectivity index (χ0n) is 8.70. The number of alkyl halides is 1. The molecule has 0 aliphatic carbocycles. The molecule has 1 aromatic rings. The first-order chi connectivity index (χ1) is 7.22. The van der Waals surface area contributed by atoms with Crippen LogP contribution in [0.25, 0.3) is 0 Å². The number of aryl methyl sites for hydroxylation is 1. The van der Waals surface area contributed by atoms with Gasteiger partial charge in [-0.1, -0.05) is 0 Å². The Labute approximate surface area is 87.9 Å². The first kappa shape index (κ1) is 10.2. The fraction of sp³-hybridized carbons (Fsp3) is 0.545. The molecule has 1 saturated heterocycles. The Hall–Kier alpha value is -1.32. The van der Waals surface area contributed by atoms with E-state index in [4.69, 9.17) is 4.42 Å². The maximum absolute atomic E-state index is 12.6. The van der Waals surface area contributed by atoms with Crippen molar-refractivity contribution in [2.24, 2.45) is 0 Å². The topological polar surface area (TPSA) is 33.5 Å². The molecule has 15 heavy (non-hydrogen) atoms. The molecule has 1 unspecified atom stereocenters. The highest BCUT2D eigenvalue weighted by Gasteiger charge is 2.30. The minimum absolute atomic E-state index is 0.191. The number of amides is 1. The maximum Gasteiger partial charge on any atom is 0.289 e. The largest absolute Gasteiger partial charge is 0.456 e. The van der Waals surface area contributed by atoms with Crippen LogP contribution in [-0.4, -0.2) is 30.1 Å². The molecule has 1 aromatic heterocycles. The van der Waals surface area contributed by atoms with E-state index in [1.165, 1.54) is 0 Å². The van der Waals surface area contributed by atoms with E-state index in [2.05, 4.69) is 0 Å². The van der Waals surface area contributed by atoms with Crippen LogP contribution in [0.15, 0.2) is 16.5 Å². The molecule has 0 saturated carbocycles. The van der Waals surface area contributed by atoms with Gasteiger partial charge in [-0.2, -0.15) is 0 Å². The van der Waals surface area contributed by atoms with Crippen molar-refractivity contribution in [1.29, 1.82) is 0 Å². The van der Waals surface area contributed by atoms with E-state index in [9.17, 15) is 9.18 Å². The van der Waals surface area contributed by atoms with E-state index in [-0.39, 0.29) is 11.9 Å². The smallest absolute Gasteiger partial charge is 0.289 e. The third-order valence-corrected chi connectivity index (χ3v) is 2.77.